The molecule has 0 bridgehead atoms. The molecule has 20 nitrogen and oxygen atoms in total. The molecule has 0 heterocycles. The van der Waals surface area contributed by atoms with Gasteiger partial charge in [0, 0.05) is 22.3 Å². The number of anilines is 8. The van der Waals surface area contributed by atoms with Gasteiger partial charge in [-0.2, -0.15) is 0 Å². The molecular weight excluding hydrogens is 468 g/mol. The van der Waals surface area contributed by atoms with Crippen molar-refractivity contribution in [2.45, 2.75) is 17.1 Å². The zero-order chi connectivity index (χ0) is 27.0. The molecule has 2 unspecified atom stereocenters. The van der Waals surface area contributed by atoms with E-state index in [4.69, 9.17) is 90.2 Å². The van der Waals surface area contributed by atoms with Crippen molar-refractivity contribution in [2.75, 3.05) is 45.9 Å². The minimum atomic E-state index is -2.93. The second-order valence-corrected chi connectivity index (χ2v) is 7.99. The minimum absolute atomic E-state index is 0.109. The normalized spacial score (nSPS) is 16.6. The second kappa shape index (κ2) is 7.68. The van der Waals surface area contributed by atoms with Crippen LogP contribution >= 0.6 is 0 Å². The molecule has 1 aliphatic carbocycles. The number of rotatable bonds is 6. The number of nitrogens with two attached hydrogens (primary N) is 14. The highest BCUT2D eigenvalue weighted by atomic mass is 16.9. The van der Waals surface area contributed by atoms with Gasteiger partial charge in [-0.25, -0.2) is 0 Å². The van der Waals surface area contributed by atoms with Gasteiger partial charge in [0.1, 0.15) is 0 Å². The maximum atomic E-state index is 11.9. The summed E-state index contributed by atoms with van der Waals surface area (Å²) in [5.41, 5.74) is 68.8. The topological polar surface area (TPSA) is 438 Å². The first-order valence-electron chi connectivity index (χ1n) is 9.52. The van der Waals surface area contributed by atoms with E-state index in [9.17, 15) is 10.4 Å². The Labute approximate surface area is 196 Å². The molecule has 0 aliphatic heterocycles. The predicted octanol–water partition coefficient (Wildman–Crippen LogP) is -7.87. The van der Waals surface area contributed by atoms with Crippen LogP contribution in [0.15, 0.2) is 0 Å². The van der Waals surface area contributed by atoms with Crippen molar-refractivity contribution in [3.63, 3.8) is 0 Å². The summed E-state index contributed by atoms with van der Waals surface area (Å²) in [5.74, 6) is 4.54. The SMILES string of the molecule is Nc1c(N)c(N)c2c(c1N)-c1c(N)c(N)c(N)c(N)c1C2(C(N)(N)O[NH+](N)[O-])C(N)(N)O[NH+](N)[O-]. The van der Waals surface area contributed by atoms with E-state index in [1.165, 1.54) is 0 Å². The summed E-state index contributed by atoms with van der Waals surface area (Å²) in [6.07, 6.45) is 0. The summed E-state index contributed by atoms with van der Waals surface area (Å²) in [6.45, 7) is 0. The van der Waals surface area contributed by atoms with Crippen LogP contribution in [0.4, 0.5) is 45.5 Å². The molecular formula is C15H30N16O4. The lowest BCUT2D eigenvalue weighted by atomic mass is 9.67. The summed E-state index contributed by atoms with van der Waals surface area (Å²) in [4.78, 5) is 10.0. The number of nitrogens with one attached hydrogen (secondary N) is 2. The number of benzene rings is 2. The number of hydrogen-bond acceptors (Lipinski definition) is 18. The third-order valence-corrected chi connectivity index (χ3v) is 6.03. The van der Waals surface area contributed by atoms with E-state index in [1.54, 1.807) is 0 Å². The molecule has 0 saturated heterocycles. The van der Waals surface area contributed by atoms with E-state index >= 15 is 0 Å². The molecule has 0 saturated carbocycles. The van der Waals surface area contributed by atoms with Crippen molar-refractivity contribution >= 4 is 45.5 Å². The van der Waals surface area contributed by atoms with Gasteiger partial charge in [0.05, 0.1) is 45.5 Å². The molecule has 2 aromatic carbocycles. The van der Waals surface area contributed by atoms with Crippen LogP contribution in [0.1, 0.15) is 11.1 Å². The maximum absolute atomic E-state index is 11.9. The van der Waals surface area contributed by atoms with Gasteiger partial charge < -0.3 is 56.3 Å². The average Bonchev–Trinajstić information content (AvgIpc) is 3.06. The molecule has 3 rings (SSSR count). The molecule has 0 fully saturated rings. The van der Waals surface area contributed by atoms with Gasteiger partial charge >= 0.3 is 0 Å². The Morgan fingerprint density at radius 2 is 0.771 bits per heavy atom. The lowest BCUT2D eigenvalue weighted by molar-refractivity contribution is -1.08. The minimum Gasteiger partial charge on any atom is -0.580 e. The van der Waals surface area contributed by atoms with Crippen LogP contribution in [-0.2, 0) is 15.1 Å². The zero-order valence-electron chi connectivity index (χ0n) is 18.2. The lowest BCUT2D eigenvalue weighted by Crippen LogP contribution is -3.17. The summed E-state index contributed by atoms with van der Waals surface area (Å²) < 4.78 is 0. The summed E-state index contributed by atoms with van der Waals surface area (Å²) in [5, 5.41) is 20.7. The monoisotopic (exact) mass is 498 g/mol. The van der Waals surface area contributed by atoms with E-state index < -0.39 is 27.8 Å². The van der Waals surface area contributed by atoms with E-state index in [2.05, 4.69) is 0 Å². The highest BCUT2D eigenvalue weighted by Gasteiger charge is 2.72. The van der Waals surface area contributed by atoms with Gasteiger partial charge in [-0.15, -0.1) is 32.0 Å². The van der Waals surface area contributed by atoms with Crippen molar-refractivity contribution in [1.82, 2.24) is 0 Å². The van der Waals surface area contributed by atoms with Gasteiger partial charge in [0.25, 0.3) is 0 Å². The maximum Gasteiger partial charge on any atom is 0.250 e. The van der Waals surface area contributed by atoms with E-state index in [0.29, 0.717) is 0 Å². The first-order valence-corrected chi connectivity index (χ1v) is 9.52. The Morgan fingerprint density at radius 3 is 1.03 bits per heavy atom. The summed E-state index contributed by atoms with van der Waals surface area (Å²) >= 11 is 0. The first kappa shape index (κ1) is 26.0. The smallest absolute Gasteiger partial charge is 0.250 e. The van der Waals surface area contributed by atoms with Gasteiger partial charge in [0.2, 0.25) is 11.7 Å². The summed E-state index contributed by atoms with van der Waals surface area (Å²) in [6, 6.07) is 0. The number of quaternary nitrogens is 2. The molecule has 35 heavy (non-hydrogen) atoms. The van der Waals surface area contributed by atoms with E-state index in [0.717, 1.165) is 0 Å². The fourth-order valence-corrected chi connectivity index (χ4v) is 4.65. The Morgan fingerprint density at radius 1 is 0.514 bits per heavy atom. The quantitative estimate of drug-likeness (QED) is 0.0759. The van der Waals surface area contributed by atoms with Gasteiger partial charge in [-0.1, -0.05) is 0 Å². The summed E-state index contributed by atoms with van der Waals surface area (Å²) in [7, 11) is 0. The van der Waals surface area contributed by atoms with Gasteiger partial charge in [0.15, 0.2) is 5.41 Å². The predicted molar refractivity (Wildman–Crippen MR) is 129 cm³/mol. The molecule has 194 valence electrons. The second-order valence-electron chi connectivity index (χ2n) is 7.99. The van der Waals surface area contributed by atoms with Crippen LogP contribution in [0, 0.1) is 10.4 Å². The molecule has 2 atom stereocenters. The molecule has 20 heteroatoms. The first-order chi connectivity index (χ1) is 15.9. The van der Waals surface area contributed by atoms with Crippen molar-refractivity contribution in [1.29, 1.82) is 0 Å². The number of fused-ring (bicyclic) bond motifs is 3. The highest BCUT2D eigenvalue weighted by Crippen LogP contribution is 2.65. The van der Waals surface area contributed by atoms with Gasteiger partial charge in [-0.3, -0.25) is 22.9 Å². The van der Waals surface area contributed by atoms with Crippen LogP contribution in [-0.4, -0.2) is 11.7 Å². The third kappa shape index (κ3) is 3.13. The van der Waals surface area contributed by atoms with Crippen LogP contribution in [0.2, 0.25) is 0 Å². The molecule has 30 N–H and O–H groups in total. The van der Waals surface area contributed by atoms with Crippen LogP contribution < -0.4 is 91.2 Å². The van der Waals surface area contributed by atoms with E-state index in [-0.39, 0.29) is 67.8 Å². The lowest BCUT2D eigenvalue weighted by Gasteiger charge is -2.50. The molecule has 1 aliphatic rings. The highest BCUT2D eigenvalue weighted by molar-refractivity contribution is 6.12. The average molecular weight is 499 g/mol. The fourth-order valence-electron chi connectivity index (χ4n) is 4.65. The van der Waals surface area contributed by atoms with Crippen molar-refractivity contribution in [3.8, 4) is 11.1 Å². The molecule has 0 radical (unpaired) electrons. The van der Waals surface area contributed by atoms with Crippen LogP contribution in [0.5, 0.6) is 0 Å². The van der Waals surface area contributed by atoms with Crippen molar-refractivity contribution < 1.29 is 20.3 Å². The molecule has 0 amide bonds. The number of nitrogen functional groups attached to an aromatic ring is 8. The zero-order valence-corrected chi connectivity index (χ0v) is 18.2. The largest absolute Gasteiger partial charge is 0.580 e. The van der Waals surface area contributed by atoms with Gasteiger partial charge in [-0.05, 0) is 0 Å². The van der Waals surface area contributed by atoms with Crippen LogP contribution in [0.25, 0.3) is 11.1 Å². The third-order valence-electron chi connectivity index (χ3n) is 6.03. The van der Waals surface area contributed by atoms with E-state index in [1.807, 2.05) is 0 Å². The molecule has 2 aromatic rings. The molecule has 0 spiro atoms. The Hall–Kier alpha value is -3.64. The molecule has 0 aromatic heterocycles. The standard InChI is InChI=1S/C15H30N16O4/c16-5-1-2-4(8(19)12(23)10(21)6(2)17)13(14(24,25)34-30(28)32,15(26,27)35-31(29)33)3(1)7(18)11(22)9(5)20/h30-31H,16-29H2. The Balaban J connectivity index is 2.79. The Kier molecular flexibility index (Phi) is 5.70. The van der Waals surface area contributed by atoms with Crippen molar-refractivity contribution in [2.24, 2.45) is 34.6 Å². The Bertz CT molecular complexity index is 1120. The van der Waals surface area contributed by atoms with Crippen molar-refractivity contribution in [3.05, 3.63) is 21.5 Å². The van der Waals surface area contributed by atoms with Crippen LogP contribution in [0.3, 0.4) is 0 Å². The number of hydrogen-bond donors (Lipinski definition) is 16. The fraction of sp³-hybridized carbons (Fsp3) is 0.200.